The van der Waals surface area contributed by atoms with Crippen LogP contribution in [0.4, 0.5) is 0 Å². The Labute approximate surface area is 298 Å². The van der Waals surface area contributed by atoms with E-state index in [0.29, 0.717) is 0 Å². The molecule has 0 atom stereocenters. The summed E-state index contributed by atoms with van der Waals surface area (Å²) in [5.41, 5.74) is 12.6. The number of thiophene rings is 1. The van der Waals surface area contributed by atoms with Crippen molar-refractivity contribution in [2.75, 3.05) is 0 Å². The zero-order valence-electron chi connectivity index (χ0n) is 27.5. The zero-order chi connectivity index (χ0) is 33.5. The van der Waals surface area contributed by atoms with Crippen molar-refractivity contribution in [3.05, 3.63) is 176 Å². The number of hydrogen-bond donors (Lipinski definition) is 0. The van der Waals surface area contributed by atoms with Crippen LogP contribution in [0.1, 0.15) is 0 Å². The number of hydrogen-bond acceptors (Lipinski definition) is 2. The average Bonchev–Trinajstić information content (AvgIpc) is 3.87. The molecule has 0 aliphatic heterocycles. The van der Waals surface area contributed by atoms with Crippen LogP contribution < -0.4 is 0 Å². The van der Waals surface area contributed by atoms with Crippen molar-refractivity contribution in [1.82, 2.24) is 4.57 Å². The smallest absolute Gasteiger partial charge is 0.160 e. The Morgan fingerprint density at radius 1 is 0.412 bits per heavy atom. The van der Waals surface area contributed by atoms with E-state index in [9.17, 15) is 0 Å². The number of rotatable bonds is 4. The highest BCUT2D eigenvalue weighted by Crippen LogP contribution is 2.44. The van der Waals surface area contributed by atoms with Crippen molar-refractivity contribution < 1.29 is 4.42 Å². The SMILES string of the molecule is c1ccc(-c2cccc(-c3cccc(-c4cccc5sc6cc(-n7c8ccccc8c8ccc9c%10ccccc%10oc9c87)ccc6c45)c3)c2)cc1. The normalized spacial score (nSPS) is 11.9. The van der Waals surface area contributed by atoms with Gasteiger partial charge in [-0.2, -0.15) is 0 Å². The van der Waals surface area contributed by atoms with Crippen LogP contribution in [0.15, 0.2) is 180 Å². The summed E-state index contributed by atoms with van der Waals surface area (Å²) in [6.45, 7) is 0. The first-order valence-electron chi connectivity index (χ1n) is 17.3. The van der Waals surface area contributed by atoms with E-state index in [0.717, 1.165) is 33.1 Å². The van der Waals surface area contributed by atoms with Gasteiger partial charge in [0.05, 0.1) is 11.0 Å². The van der Waals surface area contributed by atoms with Crippen molar-refractivity contribution in [2.24, 2.45) is 0 Å². The molecule has 0 unspecified atom stereocenters. The number of aromatic nitrogens is 1. The number of para-hydroxylation sites is 2. The minimum Gasteiger partial charge on any atom is -0.454 e. The van der Waals surface area contributed by atoms with Crippen molar-refractivity contribution in [1.29, 1.82) is 0 Å². The lowest BCUT2D eigenvalue weighted by molar-refractivity contribution is 0.671. The molecule has 3 aromatic heterocycles. The highest BCUT2D eigenvalue weighted by Gasteiger charge is 2.20. The van der Waals surface area contributed by atoms with Gasteiger partial charge < -0.3 is 8.98 Å². The Morgan fingerprint density at radius 3 is 1.92 bits per heavy atom. The minimum atomic E-state index is 0.914. The third kappa shape index (κ3) is 4.35. The van der Waals surface area contributed by atoms with Gasteiger partial charge in [0, 0.05) is 47.4 Å². The van der Waals surface area contributed by atoms with E-state index < -0.39 is 0 Å². The number of fused-ring (bicyclic) bond motifs is 10. The molecule has 0 spiro atoms. The lowest BCUT2D eigenvalue weighted by Crippen LogP contribution is -1.93. The molecule has 0 aliphatic carbocycles. The van der Waals surface area contributed by atoms with Gasteiger partial charge in [-0.3, -0.25) is 0 Å². The predicted octanol–water partition coefficient (Wildman–Crippen LogP) is 14.1. The quantitative estimate of drug-likeness (QED) is 0.183. The summed E-state index contributed by atoms with van der Waals surface area (Å²) < 4.78 is 11.6. The summed E-state index contributed by atoms with van der Waals surface area (Å²) in [6, 6.07) is 63.6. The lowest BCUT2D eigenvalue weighted by atomic mass is 9.94. The summed E-state index contributed by atoms with van der Waals surface area (Å²) in [6.07, 6.45) is 0. The first kappa shape index (κ1) is 28.4. The van der Waals surface area contributed by atoms with Crippen LogP contribution >= 0.6 is 11.3 Å². The second kappa shape index (κ2) is 11.0. The molecule has 0 saturated heterocycles. The standard InChI is InChI=1S/C48H29NOS/c1-2-11-30(12-3-1)31-13-8-14-32(27-31)33-15-9-16-34(28-33)36-19-10-22-44-46(36)41-24-23-35(29-45(41)51-44)49-42-20-6-4-17-37(42)39-25-26-40-38-18-5-7-21-43(38)50-48(40)47(39)49/h1-29H. The van der Waals surface area contributed by atoms with Gasteiger partial charge >= 0.3 is 0 Å². The maximum absolute atomic E-state index is 6.61. The third-order valence-corrected chi connectivity index (χ3v) is 11.5. The molecular weight excluding hydrogens is 639 g/mol. The summed E-state index contributed by atoms with van der Waals surface area (Å²) in [7, 11) is 0. The molecule has 11 aromatic rings. The molecule has 0 saturated carbocycles. The van der Waals surface area contributed by atoms with Crippen molar-refractivity contribution in [3.63, 3.8) is 0 Å². The van der Waals surface area contributed by atoms with E-state index in [1.54, 1.807) is 0 Å². The highest BCUT2D eigenvalue weighted by atomic mass is 32.1. The lowest BCUT2D eigenvalue weighted by Gasteiger charge is -2.10. The molecule has 0 amide bonds. The number of nitrogens with zero attached hydrogens (tertiary/aromatic N) is 1. The number of benzene rings is 8. The van der Waals surface area contributed by atoms with Gasteiger partial charge in [0.2, 0.25) is 0 Å². The van der Waals surface area contributed by atoms with Crippen LogP contribution in [-0.4, -0.2) is 4.57 Å². The van der Waals surface area contributed by atoms with Gasteiger partial charge in [-0.1, -0.05) is 127 Å². The van der Waals surface area contributed by atoms with Crippen molar-refractivity contribution in [3.8, 4) is 39.1 Å². The van der Waals surface area contributed by atoms with Gasteiger partial charge in [0.25, 0.3) is 0 Å². The van der Waals surface area contributed by atoms with Gasteiger partial charge in [0.1, 0.15) is 5.58 Å². The summed E-state index contributed by atoms with van der Waals surface area (Å²) in [5, 5.41) is 7.30. The monoisotopic (exact) mass is 667 g/mol. The van der Waals surface area contributed by atoms with E-state index in [-0.39, 0.29) is 0 Å². The molecule has 0 aliphatic rings. The molecule has 11 rings (SSSR count). The largest absolute Gasteiger partial charge is 0.454 e. The fourth-order valence-corrected chi connectivity index (χ4v) is 9.23. The summed E-state index contributed by atoms with van der Waals surface area (Å²) in [4.78, 5) is 0. The Balaban J connectivity index is 1.08. The van der Waals surface area contributed by atoms with E-state index in [2.05, 4.69) is 174 Å². The van der Waals surface area contributed by atoms with Gasteiger partial charge in [-0.05, 0) is 81.9 Å². The molecule has 3 heteroatoms. The molecule has 2 nitrogen and oxygen atoms in total. The van der Waals surface area contributed by atoms with Crippen LogP contribution in [0.2, 0.25) is 0 Å². The Kier molecular flexibility index (Phi) is 6.16. The van der Waals surface area contributed by atoms with E-state index >= 15 is 0 Å². The molecule has 0 radical (unpaired) electrons. The van der Waals surface area contributed by atoms with E-state index in [1.165, 1.54) is 69.8 Å². The highest BCUT2D eigenvalue weighted by molar-refractivity contribution is 7.26. The summed E-state index contributed by atoms with van der Waals surface area (Å²) in [5.74, 6) is 0. The molecular formula is C48H29NOS. The minimum absolute atomic E-state index is 0.914. The number of furan rings is 1. The zero-order valence-corrected chi connectivity index (χ0v) is 28.3. The van der Waals surface area contributed by atoms with Crippen LogP contribution in [0.3, 0.4) is 0 Å². The third-order valence-electron chi connectivity index (χ3n) is 10.4. The first-order chi connectivity index (χ1) is 25.3. The van der Waals surface area contributed by atoms with Crippen molar-refractivity contribution >= 4 is 75.3 Å². The topological polar surface area (TPSA) is 18.1 Å². The molecule has 3 heterocycles. The van der Waals surface area contributed by atoms with Crippen LogP contribution in [0, 0.1) is 0 Å². The second-order valence-corrected chi connectivity index (χ2v) is 14.4. The van der Waals surface area contributed by atoms with Crippen LogP contribution in [-0.2, 0) is 0 Å². The van der Waals surface area contributed by atoms with Gasteiger partial charge in [0.15, 0.2) is 5.58 Å². The molecule has 0 N–H and O–H groups in total. The Hall–Kier alpha value is -6.42. The molecule has 8 aromatic carbocycles. The fraction of sp³-hybridized carbons (Fsp3) is 0. The van der Waals surface area contributed by atoms with Crippen LogP contribution in [0.25, 0.3) is 103 Å². The molecule has 51 heavy (non-hydrogen) atoms. The Bertz CT molecular complexity index is 3140. The maximum atomic E-state index is 6.61. The maximum Gasteiger partial charge on any atom is 0.160 e. The average molecular weight is 668 g/mol. The second-order valence-electron chi connectivity index (χ2n) is 13.3. The molecule has 238 valence electrons. The van der Waals surface area contributed by atoms with E-state index in [4.69, 9.17) is 4.42 Å². The van der Waals surface area contributed by atoms with E-state index in [1.807, 2.05) is 17.4 Å². The molecule has 0 bridgehead atoms. The summed E-state index contributed by atoms with van der Waals surface area (Å²) >= 11 is 1.86. The van der Waals surface area contributed by atoms with Gasteiger partial charge in [-0.25, -0.2) is 0 Å². The first-order valence-corrected chi connectivity index (χ1v) is 18.2. The molecule has 0 fully saturated rings. The Morgan fingerprint density at radius 2 is 1.06 bits per heavy atom. The van der Waals surface area contributed by atoms with Crippen molar-refractivity contribution in [2.45, 2.75) is 0 Å². The fourth-order valence-electron chi connectivity index (χ4n) is 8.07. The van der Waals surface area contributed by atoms with Crippen LogP contribution in [0.5, 0.6) is 0 Å². The van der Waals surface area contributed by atoms with Gasteiger partial charge in [-0.15, -0.1) is 11.3 Å². The predicted molar refractivity (Wildman–Crippen MR) is 217 cm³/mol.